The maximum absolute atomic E-state index is 12.6. The summed E-state index contributed by atoms with van der Waals surface area (Å²) in [6.07, 6.45) is -2.37. The molecule has 1 heterocycles. The van der Waals surface area contributed by atoms with Crippen LogP contribution in [0.25, 0.3) is 0 Å². The molecule has 0 aromatic carbocycles. The highest BCUT2D eigenvalue weighted by molar-refractivity contribution is 5.45. The van der Waals surface area contributed by atoms with Crippen molar-refractivity contribution in [3.05, 3.63) is 18.3 Å². The predicted molar refractivity (Wildman–Crippen MR) is 50.2 cm³/mol. The first kappa shape index (κ1) is 12.5. The van der Waals surface area contributed by atoms with E-state index < -0.39 is 18.9 Å². The van der Waals surface area contributed by atoms with Gasteiger partial charge < -0.3 is 10.1 Å². The number of halogens is 4. The fraction of sp³-hybridized carbons (Fsp3) is 0.444. The van der Waals surface area contributed by atoms with E-state index in [-0.39, 0.29) is 11.6 Å². The van der Waals surface area contributed by atoms with Gasteiger partial charge >= 0.3 is 12.3 Å². The van der Waals surface area contributed by atoms with Gasteiger partial charge in [0.2, 0.25) is 5.88 Å². The number of anilines is 1. The Balaban J connectivity index is 2.60. The average molecular weight is 238 g/mol. The average Bonchev–Trinajstić information content (AvgIpc) is 2.26. The molecule has 0 amide bonds. The van der Waals surface area contributed by atoms with Gasteiger partial charge in [-0.1, -0.05) is 0 Å². The van der Waals surface area contributed by atoms with E-state index in [4.69, 9.17) is 4.74 Å². The molecule has 1 N–H and O–H groups in total. The van der Waals surface area contributed by atoms with Crippen LogP contribution in [-0.4, -0.2) is 31.0 Å². The molecule has 1 aromatic heterocycles. The third kappa shape index (κ3) is 3.25. The Morgan fingerprint density at radius 3 is 2.75 bits per heavy atom. The van der Waals surface area contributed by atoms with Crippen molar-refractivity contribution in [1.29, 1.82) is 0 Å². The van der Waals surface area contributed by atoms with Gasteiger partial charge in [0, 0.05) is 18.0 Å². The van der Waals surface area contributed by atoms with Crippen molar-refractivity contribution in [2.75, 3.05) is 19.0 Å². The fourth-order valence-electron chi connectivity index (χ4n) is 0.928. The van der Waals surface area contributed by atoms with Crippen LogP contribution in [0.3, 0.4) is 0 Å². The number of hydrogen-bond donors (Lipinski definition) is 1. The lowest BCUT2D eigenvalue weighted by atomic mass is 10.3. The van der Waals surface area contributed by atoms with E-state index in [1.165, 1.54) is 25.4 Å². The second kappa shape index (κ2) is 5.00. The predicted octanol–water partition coefficient (Wildman–Crippen LogP) is 2.40. The molecular formula is C9H10F4N2O. The van der Waals surface area contributed by atoms with E-state index in [2.05, 4.69) is 10.3 Å². The van der Waals surface area contributed by atoms with E-state index in [1.807, 2.05) is 0 Å². The van der Waals surface area contributed by atoms with Gasteiger partial charge in [-0.05, 0) is 6.07 Å². The minimum absolute atomic E-state index is 0.213. The molecule has 90 valence electrons. The van der Waals surface area contributed by atoms with E-state index in [1.54, 1.807) is 0 Å². The van der Waals surface area contributed by atoms with Crippen LogP contribution in [0.4, 0.5) is 23.2 Å². The van der Waals surface area contributed by atoms with Crippen LogP contribution in [0.15, 0.2) is 18.3 Å². The molecule has 0 radical (unpaired) electrons. The van der Waals surface area contributed by atoms with E-state index in [0.717, 1.165) is 0 Å². The smallest absolute Gasteiger partial charge is 0.324 e. The molecular weight excluding hydrogens is 228 g/mol. The molecule has 1 aromatic rings. The first-order valence-electron chi connectivity index (χ1n) is 4.35. The highest BCUT2D eigenvalue weighted by atomic mass is 19.3. The molecule has 0 unspecified atom stereocenters. The number of methoxy groups -OCH3 is 1. The summed E-state index contributed by atoms with van der Waals surface area (Å²) >= 11 is 0. The zero-order valence-electron chi connectivity index (χ0n) is 8.38. The minimum atomic E-state index is -4.06. The lowest BCUT2D eigenvalue weighted by Gasteiger charge is -2.16. The quantitative estimate of drug-likeness (QED) is 0.800. The monoisotopic (exact) mass is 238 g/mol. The highest BCUT2D eigenvalue weighted by Gasteiger charge is 2.40. The van der Waals surface area contributed by atoms with Crippen LogP contribution in [-0.2, 0) is 0 Å². The van der Waals surface area contributed by atoms with Gasteiger partial charge in [-0.25, -0.2) is 13.8 Å². The molecule has 0 saturated carbocycles. The molecule has 0 aliphatic heterocycles. The molecule has 16 heavy (non-hydrogen) atoms. The lowest BCUT2D eigenvalue weighted by molar-refractivity contribution is -0.117. The lowest BCUT2D eigenvalue weighted by Crippen LogP contribution is -2.34. The first-order valence-corrected chi connectivity index (χ1v) is 4.35. The zero-order valence-corrected chi connectivity index (χ0v) is 8.38. The summed E-state index contributed by atoms with van der Waals surface area (Å²) in [5, 5.41) is 2.19. The Bertz CT molecular complexity index is 346. The number of nitrogens with zero attached hydrogens (tertiary/aromatic N) is 1. The van der Waals surface area contributed by atoms with Crippen LogP contribution in [0, 0.1) is 0 Å². The van der Waals surface area contributed by atoms with Crippen molar-refractivity contribution in [2.24, 2.45) is 0 Å². The molecule has 0 bridgehead atoms. The summed E-state index contributed by atoms with van der Waals surface area (Å²) in [4.78, 5) is 3.74. The van der Waals surface area contributed by atoms with E-state index in [0.29, 0.717) is 0 Å². The Morgan fingerprint density at radius 2 is 2.19 bits per heavy atom. The Hall–Kier alpha value is -1.53. The number of aromatic nitrogens is 1. The van der Waals surface area contributed by atoms with E-state index >= 15 is 0 Å². The van der Waals surface area contributed by atoms with Crippen LogP contribution < -0.4 is 10.1 Å². The Morgan fingerprint density at radius 1 is 1.50 bits per heavy atom. The van der Waals surface area contributed by atoms with Crippen LogP contribution in [0.5, 0.6) is 5.88 Å². The van der Waals surface area contributed by atoms with Gasteiger partial charge in [0.05, 0.1) is 13.7 Å². The summed E-state index contributed by atoms with van der Waals surface area (Å²) in [7, 11) is 1.36. The van der Waals surface area contributed by atoms with E-state index in [9.17, 15) is 17.6 Å². The summed E-state index contributed by atoms with van der Waals surface area (Å²) in [6, 6.07) is 2.71. The molecule has 1 rings (SSSR count). The minimum Gasteiger partial charge on any atom is -0.481 e. The normalized spacial score (nSPS) is 11.6. The van der Waals surface area contributed by atoms with Crippen LogP contribution in [0.1, 0.15) is 0 Å². The third-order valence-corrected chi connectivity index (χ3v) is 1.79. The zero-order chi connectivity index (χ0) is 12.2. The molecule has 0 aliphatic carbocycles. The number of nitrogens with one attached hydrogen (secondary N) is 1. The topological polar surface area (TPSA) is 34.1 Å². The summed E-state index contributed by atoms with van der Waals surface area (Å²) in [5.41, 5.74) is 0.243. The molecule has 0 atom stereocenters. The van der Waals surface area contributed by atoms with Gasteiger partial charge in [-0.15, -0.1) is 0 Å². The number of hydrogen-bond acceptors (Lipinski definition) is 3. The van der Waals surface area contributed by atoms with Gasteiger partial charge in [0.1, 0.15) is 0 Å². The van der Waals surface area contributed by atoms with Gasteiger partial charge in [-0.3, -0.25) is 0 Å². The number of pyridine rings is 1. The molecule has 7 heteroatoms. The summed E-state index contributed by atoms with van der Waals surface area (Å²) in [5.74, 6) is -3.85. The maximum atomic E-state index is 12.6. The number of alkyl halides is 4. The second-order valence-corrected chi connectivity index (χ2v) is 3.00. The van der Waals surface area contributed by atoms with Crippen LogP contribution >= 0.6 is 0 Å². The van der Waals surface area contributed by atoms with Crippen molar-refractivity contribution in [1.82, 2.24) is 4.98 Å². The first-order chi connectivity index (χ1) is 7.45. The maximum Gasteiger partial charge on any atom is 0.324 e. The van der Waals surface area contributed by atoms with Crippen molar-refractivity contribution >= 4 is 5.69 Å². The standard InChI is InChI=1S/C9H10F4N2O/c1-16-7-4-6(2-3-14-7)15-5-9(12,13)8(10)11/h2-4,8H,5H2,1H3,(H,14,15). The van der Waals surface area contributed by atoms with Gasteiger partial charge in [-0.2, -0.15) is 8.78 Å². The fourth-order valence-corrected chi connectivity index (χ4v) is 0.928. The largest absolute Gasteiger partial charge is 0.481 e. The third-order valence-electron chi connectivity index (χ3n) is 1.79. The van der Waals surface area contributed by atoms with Crippen LogP contribution in [0.2, 0.25) is 0 Å². The van der Waals surface area contributed by atoms with Crippen molar-refractivity contribution < 1.29 is 22.3 Å². The number of ether oxygens (including phenoxy) is 1. The van der Waals surface area contributed by atoms with Crippen molar-refractivity contribution in [3.63, 3.8) is 0 Å². The molecule has 0 spiro atoms. The Labute approximate surface area is 89.4 Å². The summed E-state index contributed by atoms with van der Waals surface area (Å²) in [6.45, 7) is -1.14. The second-order valence-electron chi connectivity index (χ2n) is 3.00. The van der Waals surface area contributed by atoms with Crippen molar-refractivity contribution in [3.8, 4) is 5.88 Å². The van der Waals surface area contributed by atoms with Crippen molar-refractivity contribution in [2.45, 2.75) is 12.3 Å². The molecule has 3 nitrogen and oxygen atoms in total. The molecule has 0 saturated heterocycles. The van der Waals surface area contributed by atoms with Gasteiger partial charge in [0.25, 0.3) is 0 Å². The summed E-state index contributed by atoms with van der Waals surface area (Å²) < 4.78 is 53.5. The Kier molecular flexibility index (Phi) is 3.92. The van der Waals surface area contributed by atoms with Gasteiger partial charge in [0.15, 0.2) is 0 Å². The SMILES string of the molecule is COc1cc(NCC(F)(F)C(F)F)ccn1. The molecule has 0 fully saturated rings. The highest BCUT2D eigenvalue weighted by Crippen LogP contribution is 2.23. The number of rotatable bonds is 5. The molecule has 0 aliphatic rings.